The first-order chi connectivity index (χ1) is 24.5. The van der Waals surface area contributed by atoms with Crippen molar-refractivity contribution in [2.24, 2.45) is 23.5 Å². The van der Waals surface area contributed by atoms with Gasteiger partial charge in [-0.2, -0.15) is 13.1 Å². The van der Waals surface area contributed by atoms with Gasteiger partial charge in [0.25, 0.3) is 0 Å². The molecular formula is C29H48N8O13S. The zero-order chi connectivity index (χ0) is 37.3. The molecule has 22 heteroatoms. The van der Waals surface area contributed by atoms with Gasteiger partial charge in [0.05, 0.1) is 52.7 Å². The molecule has 1 unspecified atom stereocenters. The molecule has 0 heterocycles. The summed E-state index contributed by atoms with van der Waals surface area (Å²) in [7, 11) is -4.13. The molecule has 1 saturated carbocycles. The van der Waals surface area contributed by atoms with E-state index in [9.17, 15) is 37.2 Å². The van der Waals surface area contributed by atoms with Crippen molar-refractivity contribution >= 4 is 46.2 Å². The van der Waals surface area contributed by atoms with E-state index < -0.39 is 46.2 Å². The summed E-state index contributed by atoms with van der Waals surface area (Å²) in [5, 5.41) is 11.9. The predicted octanol–water partition coefficient (Wildman–Crippen LogP) is -3.22. The van der Waals surface area contributed by atoms with Crippen molar-refractivity contribution in [1.82, 2.24) is 36.0 Å². The van der Waals surface area contributed by atoms with E-state index in [0.29, 0.717) is 11.8 Å². The van der Waals surface area contributed by atoms with Crippen LogP contribution in [0.1, 0.15) is 25.7 Å². The lowest BCUT2D eigenvalue weighted by Crippen LogP contribution is -2.44. The maximum atomic E-state index is 12.0. The molecule has 1 fully saturated rings. The number of nitrogens with one attached hydrogen (secondary N) is 7. The van der Waals surface area contributed by atoms with Crippen LogP contribution in [-0.4, -0.2) is 136 Å². The summed E-state index contributed by atoms with van der Waals surface area (Å²) in [6.07, 6.45) is 1.07. The fourth-order valence-corrected chi connectivity index (χ4v) is 5.42. The monoisotopic (exact) mass is 748 g/mol. The van der Waals surface area contributed by atoms with Gasteiger partial charge in [-0.1, -0.05) is 0 Å². The van der Waals surface area contributed by atoms with Crippen LogP contribution in [0.5, 0.6) is 0 Å². The molecule has 9 N–H and O–H groups in total. The van der Waals surface area contributed by atoms with Crippen LogP contribution in [0.4, 0.5) is 14.4 Å². The average molecular weight is 749 g/mol. The molecule has 0 aromatic rings. The molecule has 3 atom stereocenters. The third-order valence-corrected chi connectivity index (χ3v) is 8.25. The zero-order valence-corrected chi connectivity index (χ0v) is 29.1. The first-order valence-electron chi connectivity index (χ1n) is 16.4. The molecule has 288 valence electrons. The molecule has 2 aliphatic carbocycles. The lowest BCUT2D eigenvalue weighted by atomic mass is 10.1. The lowest BCUT2D eigenvalue weighted by molar-refractivity contribution is -0.127. The molecule has 0 radical (unpaired) electrons. The van der Waals surface area contributed by atoms with E-state index in [0.717, 1.165) is 25.7 Å². The molecule has 21 nitrogen and oxygen atoms in total. The van der Waals surface area contributed by atoms with Crippen LogP contribution in [-0.2, 0) is 48.3 Å². The van der Waals surface area contributed by atoms with Crippen molar-refractivity contribution in [2.75, 3.05) is 92.1 Å². The minimum atomic E-state index is -4.13. The predicted molar refractivity (Wildman–Crippen MR) is 177 cm³/mol. The molecule has 2 rings (SSSR count). The molecule has 51 heavy (non-hydrogen) atoms. The summed E-state index contributed by atoms with van der Waals surface area (Å²) in [6, 6.07) is 0. The largest absolute Gasteiger partial charge is 0.449 e. The molecule has 6 amide bonds. The van der Waals surface area contributed by atoms with Crippen LogP contribution in [0.15, 0.2) is 0 Å². The summed E-state index contributed by atoms with van der Waals surface area (Å²) in [5.41, 5.74) is 5.10. The van der Waals surface area contributed by atoms with Crippen LogP contribution in [0.2, 0.25) is 0 Å². The Balaban J connectivity index is 1.34. The molecule has 0 bridgehead atoms. The second-order valence-corrected chi connectivity index (χ2v) is 12.5. The van der Waals surface area contributed by atoms with E-state index >= 15 is 0 Å². The Morgan fingerprint density at radius 2 is 1.14 bits per heavy atom. The summed E-state index contributed by atoms with van der Waals surface area (Å²) in [4.78, 5) is 69.4. The van der Waals surface area contributed by atoms with Crippen LogP contribution < -0.4 is 41.8 Å². The molecule has 0 aliphatic heterocycles. The number of nitrogens with two attached hydrogens (primary N) is 1. The van der Waals surface area contributed by atoms with Crippen molar-refractivity contribution in [3.05, 3.63) is 0 Å². The van der Waals surface area contributed by atoms with E-state index in [-0.39, 0.29) is 98.0 Å². The van der Waals surface area contributed by atoms with Crippen LogP contribution in [0.25, 0.3) is 0 Å². The van der Waals surface area contributed by atoms with Gasteiger partial charge in [-0.3, -0.25) is 14.4 Å². The zero-order valence-electron chi connectivity index (χ0n) is 28.3. The van der Waals surface area contributed by atoms with Crippen molar-refractivity contribution in [2.45, 2.75) is 25.7 Å². The van der Waals surface area contributed by atoms with Crippen molar-refractivity contribution in [3.8, 4) is 11.8 Å². The molecule has 0 spiro atoms. The Labute approximate surface area is 296 Å². The Morgan fingerprint density at radius 3 is 1.76 bits per heavy atom. The number of fused-ring (bicyclic) bond motifs is 1. The van der Waals surface area contributed by atoms with Gasteiger partial charge in [0.1, 0.15) is 13.2 Å². The quantitative estimate of drug-likeness (QED) is 0.0274. The van der Waals surface area contributed by atoms with Gasteiger partial charge in [-0.25, -0.2) is 19.1 Å². The fraction of sp³-hybridized carbons (Fsp3) is 0.724. The first-order valence-corrected chi connectivity index (χ1v) is 17.9. The maximum Gasteiger partial charge on any atom is 0.421 e. The normalized spacial score (nSPS) is 17.4. The van der Waals surface area contributed by atoms with E-state index in [1.165, 1.54) is 0 Å². The van der Waals surface area contributed by atoms with Crippen molar-refractivity contribution in [3.63, 3.8) is 0 Å². The van der Waals surface area contributed by atoms with Crippen molar-refractivity contribution in [1.29, 1.82) is 0 Å². The highest BCUT2D eigenvalue weighted by Crippen LogP contribution is 2.52. The van der Waals surface area contributed by atoms with Crippen molar-refractivity contribution < 1.29 is 60.9 Å². The highest BCUT2D eigenvalue weighted by Gasteiger charge is 2.49. The number of rotatable bonds is 24. The highest BCUT2D eigenvalue weighted by atomic mass is 32.2. The van der Waals surface area contributed by atoms with Crippen LogP contribution >= 0.6 is 0 Å². The number of hydrogen-bond acceptors (Lipinski definition) is 14. The molecule has 0 aromatic carbocycles. The number of hydrogen-bond donors (Lipinski definition) is 8. The van der Waals surface area contributed by atoms with E-state index in [1.807, 2.05) is 4.72 Å². The highest BCUT2D eigenvalue weighted by molar-refractivity contribution is 7.88. The summed E-state index contributed by atoms with van der Waals surface area (Å²) < 4.78 is 53.4. The summed E-state index contributed by atoms with van der Waals surface area (Å²) in [5.74, 6) is 5.81. The van der Waals surface area contributed by atoms with E-state index in [1.54, 1.807) is 0 Å². The number of carbonyl (C=O) groups is 6. The van der Waals surface area contributed by atoms with E-state index in [2.05, 4.69) is 43.1 Å². The Hall–Kier alpha value is -4.43. The average Bonchev–Trinajstić information content (AvgIpc) is 3.74. The van der Waals surface area contributed by atoms with Gasteiger partial charge in [0.2, 0.25) is 17.7 Å². The number of alkyl carbamates (subject to hydrolysis) is 2. The second kappa shape index (κ2) is 24.7. The number of ether oxygens (including phenoxy) is 5. The van der Waals surface area contributed by atoms with Gasteiger partial charge >= 0.3 is 28.5 Å². The van der Waals surface area contributed by atoms with E-state index in [4.69, 9.17) is 29.4 Å². The van der Waals surface area contributed by atoms with Gasteiger partial charge in [0.15, 0.2) is 0 Å². The first kappa shape index (κ1) is 42.7. The topological polar surface area (TPSA) is 293 Å². The molecule has 0 aromatic heterocycles. The summed E-state index contributed by atoms with van der Waals surface area (Å²) >= 11 is 0. The minimum Gasteiger partial charge on any atom is -0.449 e. The molecular weight excluding hydrogens is 700 g/mol. The fourth-order valence-electron chi connectivity index (χ4n) is 4.72. The number of amides is 6. The molecule has 2 aliphatic rings. The van der Waals surface area contributed by atoms with Gasteiger partial charge < -0.3 is 56.0 Å². The van der Waals surface area contributed by atoms with Crippen LogP contribution in [0.3, 0.4) is 0 Å². The van der Waals surface area contributed by atoms with Gasteiger partial charge in [-0.05, 0) is 30.6 Å². The SMILES string of the molecule is NCC(=O)NCC(=O)NCC(=O)NCCNC(=O)OCCOCCOC(=O)NCCOCCNS(=O)(=O)NC(=O)OCC1[C@H]2CCC#CCC[C@@H]12. The second-order valence-electron chi connectivity index (χ2n) is 11.0. The number of carbonyl (C=O) groups excluding carboxylic acids is 6. The lowest BCUT2D eigenvalue weighted by Gasteiger charge is -2.10. The van der Waals surface area contributed by atoms with Crippen LogP contribution in [0, 0.1) is 29.6 Å². The standard InChI is InChI=1S/C29H48N8O13S/c30-17-24(38)34-19-26(40)35-18-25(39)31-7-8-32-27(41)48-15-13-47-14-16-49-28(42)33-9-11-46-12-10-36-51(44,45)37-29(43)50-20-23-21-5-3-1-2-4-6-22(21)23/h21-23,36H,3-20,30H2,(H,31,39)(H,32,41)(H,33,42)(H,34,38)(H,35,40)(H,37,43)/t21-,22+,23?. The Morgan fingerprint density at radius 1 is 0.608 bits per heavy atom. The molecule has 0 saturated heterocycles. The Bertz CT molecular complexity index is 1310. The Kier molecular flexibility index (Phi) is 20.7. The third-order valence-electron chi connectivity index (χ3n) is 7.23. The van der Waals surface area contributed by atoms with Gasteiger partial charge in [-0.15, -0.1) is 11.8 Å². The maximum absolute atomic E-state index is 12.0. The minimum absolute atomic E-state index is 0.0219. The summed E-state index contributed by atoms with van der Waals surface area (Å²) in [6.45, 7) is -0.640. The smallest absolute Gasteiger partial charge is 0.421 e. The van der Waals surface area contributed by atoms with Gasteiger partial charge in [0, 0.05) is 39.0 Å². The third kappa shape index (κ3) is 20.7.